The van der Waals surface area contributed by atoms with E-state index in [-0.39, 0.29) is 0 Å². The van der Waals surface area contributed by atoms with E-state index in [4.69, 9.17) is 11.6 Å². The smallest absolute Gasteiger partial charge is 0.101 e. The molecule has 0 amide bonds. The number of nitrogens with one attached hydrogen (secondary N) is 1. The molecular weight excluding hydrogens is 268 g/mol. The first-order chi connectivity index (χ1) is 9.72. The number of hydrogen-bond acceptors (Lipinski definition) is 2. The van der Waals surface area contributed by atoms with Crippen LogP contribution in [0.15, 0.2) is 18.2 Å². The summed E-state index contributed by atoms with van der Waals surface area (Å²) in [5.41, 5.74) is 1.64. The van der Waals surface area contributed by atoms with Crippen molar-refractivity contribution in [2.24, 2.45) is 23.7 Å². The van der Waals surface area contributed by atoms with Crippen molar-refractivity contribution < 1.29 is 0 Å². The Kier molecular flexibility index (Phi) is 2.93. The van der Waals surface area contributed by atoms with Gasteiger partial charge in [-0.15, -0.1) is 0 Å². The molecule has 0 aromatic heterocycles. The maximum absolute atomic E-state index is 9.26. The van der Waals surface area contributed by atoms with E-state index in [0.717, 1.165) is 29.4 Å². The minimum Gasteiger partial charge on any atom is -0.381 e. The Hall–Kier alpha value is -1.20. The van der Waals surface area contributed by atoms with Crippen LogP contribution in [0.1, 0.15) is 37.7 Å². The summed E-state index contributed by atoms with van der Waals surface area (Å²) in [4.78, 5) is 0. The Bertz CT molecular complexity index is 547. The Labute approximate surface area is 125 Å². The minimum absolute atomic E-state index is 0.549. The van der Waals surface area contributed by atoms with Crippen LogP contribution in [0.3, 0.4) is 0 Å². The summed E-state index contributed by atoms with van der Waals surface area (Å²) in [6, 6.07) is 8.35. The van der Waals surface area contributed by atoms with Gasteiger partial charge < -0.3 is 5.32 Å². The van der Waals surface area contributed by atoms with Crippen molar-refractivity contribution in [1.29, 1.82) is 5.26 Å². The van der Waals surface area contributed by atoms with E-state index in [1.54, 1.807) is 6.07 Å². The molecule has 4 aliphatic rings. The van der Waals surface area contributed by atoms with Crippen molar-refractivity contribution in [3.63, 3.8) is 0 Å². The van der Waals surface area contributed by atoms with Crippen LogP contribution in [-0.4, -0.2) is 6.04 Å². The summed E-state index contributed by atoms with van der Waals surface area (Å²) in [5.74, 6) is 3.56. The van der Waals surface area contributed by atoms with Crippen LogP contribution < -0.4 is 5.32 Å². The van der Waals surface area contributed by atoms with Gasteiger partial charge in [0.2, 0.25) is 0 Å². The van der Waals surface area contributed by atoms with Crippen LogP contribution >= 0.6 is 11.6 Å². The van der Waals surface area contributed by atoms with Gasteiger partial charge in [0.25, 0.3) is 0 Å². The molecule has 0 radical (unpaired) electrons. The Balaban J connectivity index is 1.61. The van der Waals surface area contributed by atoms with Crippen LogP contribution in [0.5, 0.6) is 0 Å². The minimum atomic E-state index is 0.549. The predicted molar refractivity (Wildman–Crippen MR) is 80.6 cm³/mol. The third kappa shape index (κ3) is 2.00. The summed E-state index contributed by atoms with van der Waals surface area (Å²) in [7, 11) is 0. The van der Waals surface area contributed by atoms with Gasteiger partial charge >= 0.3 is 0 Å². The predicted octanol–water partition coefficient (Wildman–Crippen LogP) is 4.45. The van der Waals surface area contributed by atoms with Crippen molar-refractivity contribution in [3.05, 3.63) is 28.8 Å². The first kappa shape index (κ1) is 12.5. The fraction of sp³-hybridized carbons (Fsp3) is 0.588. The molecule has 5 rings (SSSR count). The number of nitriles is 1. The highest BCUT2D eigenvalue weighted by Crippen LogP contribution is 2.54. The normalized spacial score (nSPS) is 37.7. The van der Waals surface area contributed by atoms with Gasteiger partial charge in [0.15, 0.2) is 0 Å². The number of hydrogen-bond donors (Lipinski definition) is 1. The maximum Gasteiger partial charge on any atom is 0.101 e. The lowest BCUT2D eigenvalue weighted by atomic mass is 9.54. The molecule has 4 saturated carbocycles. The second-order valence-corrected chi connectivity index (χ2v) is 7.34. The molecule has 1 N–H and O–H groups in total. The van der Waals surface area contributed by atoms with Gasteiger partial charge in [-0.25, -0.2) is 0 Å². The van der Waals surface area contributed by atoms with Gasteiger partial charge in [-0.3, -0.25) is 0 Å². The monoisotopic (exact) mass is 286 g/mol. The van der Waals surface area contributed by atoms with Crippen molar-refractivity contribution in [2.45, 2.75) is 38.1 Å². The maximum atomic E-state index is 9.26. The van der Waals surface area contributed by atoms with Crippen LogP contribution in [0.2, 0.25) is 5.02 Å². The van der Waals surface area contributed by atoms with Crippen molar-refractivity contribution >= 4 is 17.3 Å². The molecule has 104 valence electrons. The third-order valence-corrected chi connectivity index (χ3v) is 5.89. The van der Waals surface area contributed by atoms with Crippen LogP contribution in [-0.2, 0) is 0 Å². The molecule has 1 aromatic rings. The summed E-state index contributed by atoms with van der Waals surface area (Å²) < 4.78 is 0. The van der Waals surface area contributed by atoms with Crippen LogP contribution in [0.25, 0.3) is 0 Å². The first-order valence-corrected chi connectivity index (χ1v) is 8.07. The largest absolute Gasteiger partial charge is 0.381 e. The molecule has 4 fully saturated rings. The number of benzene rings is 1. The summed E-state index contributed by atoms with van der Waals surface area (Å²) in [6.07, 6.45) is 7.00. The Morgan fingerprint density at radius 3 is 2.30 bits per heavy atom. The molecule has 4 aliphatic carbocycles. The quantitative estimate of drug-likeness (QED) is 0.872. The molecule has 0 saturated heterocycles. The molecule has 0 atom stereocenters. The third-order valence-electron chi connectivity index (χ3n) is 5.65. The van der Waals surface area contributed by atoms with Gasteiger partial charge in [-0.1, -0.05) is 11.6 Å². The van der Waals surface area contributed by atoms with Gasteiger partial charge in [-0.2, -0.15) is 5.26 Å². The lowest BCUT2D eigenvalue weighted by Gasteiger charge is -2.54. The van der Waals surface area contributed by atoms with E-state index < -0.39 is 0 Å². The lowest BCUT2D eigenvalue weighted by Crippen LogP contribution is -2.51. The van der Waals surface area contributed by atoms with Gasteiger partial charge in [0.05, 0.1) is 11.3 Å². The first-order valence-electron chi connectivity index (χ1n) is 7.69. The average Bonchev–Trinajstić information content (AvgIpc) is 2.42. The van der Waals surface area contributed by atoms with E-state index in [2.05, 4.69) is 11.4 Å². The zero-order valence-electron chi connectivity index (χ0n) is 11.5. The Morgan fingerprint density at radius 2 is 1.70 bits per heavy atom. The van der Waals surface area contributed by atoms with E-state index in [0.29, 0.717) is 16.6 Å². The number of rotatable bonds is 2. The fourth-order valence-corrected chi connectivity index (χ4v) is 5.25. The summed E-state index contributed by atoms with van der Waals surface area (Å²) in [5, 5.41) is 13.6. The SMILES string of the molecule is N#Cc1ccc(Cl)cc1NC1C2CC3CC(C2)CC1C3. The van der Waals surface area contributed by atoms with Gasteiger partial charge in [0, 0.05) is 11.1 Å². The standard InChI is InChI=1S/C17H19ClN2/c18-15-2-1-12(9-19)16(8-15)20-17-13-4-10-3-11(6-13)7-14(17)5-10/h1-2,8,10-11,13-14,17,20H,3-7H2. The molecular formula is C17H19ClN2. The van der Waals surface area contributed by atoms with E-state index in [1.807, 2.05) is 12.1 Å². The molecule has 20 heavy (non-hydrogen) atoms. The molecule has 2 nitrogen and oxygen atoms in total. The summed E-state index contributed by atoms with van der Waals surface area (Å²) >= 11 is 6.09. The fourth-order valence-electron chi connectivity index (χ4n) is 5.07. The molecule has 0 aliphatic heterocycles. The van der Waals surface area contributed by atoms with Crippen molar-refractivity contribution in [1.82, 2.24) is 0 Å². The second-order valence-electron chi connectivity index (χ2n) is 6.90. The van der Waals surface area contributed by atoms with Crippen LogP contribution in [0, 0.1) is 35.0 Å². The molecule has 0 heterocycles. The van der Waals surface area contributed by atoms with Crippen molar-refractivity contribution in [3.8, 4) is 6.07 Å². The lowest BCUT2D eigenvalue weighted by molar-refractivity contribution is 0.00753. The number of halogens is 1. The van der Waals surface area contributed by atoms with Crippen LogP contribution in [0.4, 0.5) is 5.69 Å². The topological polar surface area (TPSA) is 35.8 Å². The van der Waals surface area contributed by atoms with Gasteiger partial charge in [-0.05, 0) is 74.0 Å². The number of nitrogens with zero attached hydrogens (tertiary/aromatic N) is 1. The van der Waals surface area contributed by atoms with Crippen molar-refractivity contribution in [2.75, 3.05) is 5.32 Å². The molecule has 4 bridgehead atoms. The molecule has 0 unspecified atom stereocenters. The second kappa shape index (κ2) is 4.67. The summed E-state index contributed by atoms with van der Waals surface area (Å²) in [6.45, 7) is 0. The molecule has 0 spiro atoms. The molecule has 1 aromatic carbocycles. The van der Waals surface area contributed by atoms with E-state index >= 15 is 0 Å². The number of anilines is 1. The molecule has 3 heteroatoms. The highest BCUT2D eigenvalue weighted by Gasteiger charge is 2.48. The highest BCUT2D eigenvalue weighted by molar-refractivity contribution is 6.30. The van der Waals surface area contributed by atoms with E-state index in [9.17, 15) is 5.26 Å². The average molecular weight is 287 g/mol. The zero-order valence-corrected chi connectivity index (χ0v) is 12.2. The zero-order chi connectivity index (χ0) is 13.7. The highest BCUT2D eigenvalue weighted by atomic mass is 35.5. The van der Waals surface area contributed by atoms with E-state index in [1.165, 1.54) is 32.1 Å². The Morgan fingerprint density at radius 1 is 1.05 bits per heavy atom. The van der Waals surface area contributed by atoms with Gasteiger partial charge in [0.1, 0.15) is 6.07 Å².